The molecule has 0 bridgehead atoms. The summed E-state index contributed by atoms with van der Waals surface area (Å²) >= 11 is 1.45. The highest BCUT2D eigenvalue weighted by Gasteiger charge is 2.33. The zero-order chi connectivity index (χ0) is 26.1. The van der Waals surface area contributed by atoms with E-state index in [1.165, 1.54) is 35.4 Å². The van der Waals surface area contributed by atoms with Gasteiger partial charge in [-0.15, -0.1) is 11.3 Å². The lowest BCUT2D eigenvalue weighted by Gasteiger charge is -2.20. The molecule has 2 aromatic heterocycles. The van der Waals surface area contributed by atoms with Gasteiger partial charge in [-0.25, -0.2) is 4.39 Å². The number of carbonyl (C=O) groups is 3. The summed E-state index contributed by atoms with van der Waals surface area (Å²) in [6.07, 6.45) is 2.01. The number of amides is 3. The van der Waals surface area contributed by atoms with Gasteiger partial charge in [0, 0.05) is 55.1 Å². The van der Waals surface area contributed by atoms with Gasteiger partial charge in [-0.05, 0) is 42.3 Å². The van der Waals surface area contributed by atoms with Gasteiger partial charge in [-0.3, -0.25) is 19.4 Å². The fraction of sp³-hybridized carbons (Fsp3) is 0.185. The van der Waals surface area contributed by atoms with E-state index in [0.717, 1.165) is 15.1 Å². The van der Waals surface area contributed by atoms with Crippen molar-refractivity contribution in [1.82, 2.24) is 15.6 Å². The van der Waals surface area contributed by atoms with Crippen LogP contribution in [0.5, 0.6) is 11.5 Å². The summed E-state index contributed by atoms with van der Waals surface area (Å²) in [5.41, 5.74) is 2.51. The number of halogens is 1. The summed E-state index contributed by atoms with van der Waals surface area (Å²) < 4.78 is 21.7. The highest BCUT2D eigenvalue weighted by molar-refractivity contribution is 7.22. The quantitative estimate of drug-likeness (QED) is 0.370. The Labute approximate surface area is 216 Å². The van der Waals surface area contributed by atoms with Crippen molar-refractivity contribution in [2.45, 2.75) is 6.42 Å². The monoisotopic (exact) mass is 518 g/mol. The van der Waals surface area contributed by atoms with E-state index in [1.54, 1.807) is 37.5 Å². The Morgan fingerprint density at radius 1 is 1.14 bits per heavy atom. The molecule has 0 spiro atoms. The van der Waals surface area contributed by atoms with E-state index in [1.807, 2.05) is 18.2 Å². The SMILES string of the molecule is CNC(=O)c1ccc(-c2cc3nccc(Oc4ccc(N(C)C(=O)C5CCNC5=O)cc4F)c3s2)cc1. The average Bonchev–Trinajstić information content (AvgIpc) is 3.55. The van der Waals surface area contributed by atoms with Crippen molar-refractivity contribution in [3.63, 3.8) is 0 Å². The van der Waals surface area contributed by atoms with Gasteiger partial charge in [-0.1, -0.05) is 12.1 Å². The van der Waals surface area contributed by atoms with Crippen molar-refractivity contribution in [2.24, 2.45) is 5.92 Å². The summed E-state index contributed by atoms with van der Waals surface area (Å²) in [7, 11) is 3.10. The third-order valence-electron chi connectivity index (χ3n) is 6.23. The van der Waals surface area contributed by atoms with E-state index in [9.17, 15) is 14.4 Å². The van der Waals surface area contributed by atoms with Crippen LogP contribution in [0.2, 0.25) is 0 Å². The molecule has 3 heterocycles. The van der Waals surface area contributed by atoms with Crippen LogP contribution in [0.1, 0.15) is 16.8 Å². The maximum Gasteiger partial charge on any atom is 0.251 e. The van der Waals surface area contributed by atoms with E-state index in [0.29, 0.717) is 35.5 Å². The van der Waals surface area contributed by atoms with Crippen LogP contribution in [0, 0.1) is 11.7 Å². The number of hydrogen-bond donors (Lipinski definition) is 2. The second-order valence-corrected chi connectivity index (χ2v) is 9.59. The Morgan fingerprint density at radius 2 is 1.92 bits per heavy atom. The van der Waals surface area contributed by atoms with Crippen LogP contribution in [-0.4, -0.2) is 43.3 Å². The molecule has 37 heavy (non-hydrogen) atoms. The Hall–Kier alpha value is -4.31. The van der Waals surface area contributed by atoms with Gasteiger partial charge in [-0.2, -0.15) is 0 Å². The van der Waals surface area contributed by atoms with E-state index >= 15 is 4.39 Å². The number of carbonyl (C=O) groups excluding carboxylic acids is 3. The molecule has 8 nitrogen and oxygen atoms in total. The van der Waals surface area contributed by atoms with E-state index in [-0.39, 0.29) is 23.5 Å². The molecular weight excluding hydrogens is 495 g/mol. The number of ether oxygens (including phenoxy) is 1. The lowest BCUT2D eigenvalue weighted by atomic mass is 10.1. The van der Waals surface area contributed by atoms with Crippen LogP contribution >= 0.6 is 11.3 Å². The van der Waals surface area contributed by atoms with Gasteiger partial charge in [0.2, 0.25) is 11.8 Å². The van der Waals surface area contributed by atoms with Gasteiger partial charge in [0.25, 0.3) is 5.91 Å². The number of rotatable bonds is 6. The first-order chi connectivity index (χ1) is 17.9. The molecule has 1 saturated heterocycles. The molecule has 1 atom stereocenters. The number of pyridine rings is 1. The fourth-order valence-corrected chi connectivity index (χ4v) is 5.23. The molecule has 1 aliphatic rings. The van der Waals surface area contributed by atoms with Crippen molar-refractivity contribution in [3.8, 4) is 21.9 Å². The number of anilines is 1. The average molecular weight is 519 g/mol. The number of benzene rings is 2. The van der Waals surface area contributed by atoms with Crippen LogP contribution in [0.3, 0.4) is 0 Å². The molecule has 4 aromatic rings. The highest BCUT2D eigenvalue weighted by atomic mass is 32.1. The lowest BCUT2D eigenvalue weighted by Crippen LogP contribution is -2.36. The van der Waals surface area contributed by atoms with Gasteiger partial charge >= 0.3 is 0 Å². The summed E-state index contributed by atoms with van der Waals surface area (Å²) in [4.78, 5) is 42.9. The van der Waals surface area contributed by atoms with Gasteiger partial charge < -0.3 is 20.3 Å². The number of thiophene rings is 1. The normalized spacial score (nSPS) is 14.9. The molecule has 0 aliphatic carbocycles. The van der Waals surface area contributed by atoms with Gasteiger partial charge in [0.1, 0.15) is 11.7 Å². The third kappa shape index (κ3) is 4.75. The van der Waals surface area contributed by atoms with E-state index < -0.39 is 11.7 Å². The van der Waals surface area contributed by atoms with Crippen molar-refractivity contribution < 1.29 is 23.5 Å². The zero-order valence-electron chi connectivity index (χ0n) is 20.1. The number of aromatic nitrogens is 1. The molecule has 0 radical (unpaired) electrons. The van der Waals surface area contributed by atoms with Crippen LogP contribution in [-0.2, 0) is 9.59 Å². The summed E-state index contributed by atoms with van der Waals surface area (Å²) in [6, 6.07) is 15.1. The predicted molar refractivity (Wildman–Crippen MR) is 139 cm³/mol. The van der Waals surface area contributed by atoms with Crippen molar-refractivity contribution in [3.05, 3.63) is 72.2 Å². The molecule has 2 N–H and O–H groups in total. The number of hydrogen-bond acceptors (Lipinski definition) is 6. The van der Waals surface area contributed by atoms with Gasteiger partial charge in [0.15, 0.2) is 11.6 Å². The number of fused-ring (bicyclic) bond motifs is 1. The van der Waals surface area contributed by atoms with Crippen LogP contribution in [0.15, 0.2) is 60.8 Å². The first-order valence-corrected chi connectivity index (χ1v) is 12.4. The molecule has 3 amide bonds. The van der Waals surface area contributed by atoms with E-state index in [2.05, 4.69) is 15.6 Å². The minimum absolute atomic E-state index is 0.000546. The molecule has 1 unspecified atom stereocenters. The fourth-order valence-electron chi connectivity index (χ4n) is 4.16. The molecule has 188 valence electrons. The van der Waals surface area contributed by atoms with Crippen molar-refractivity contribution in [2.75, 3.05) is 25.5 Å². The number of nitrogens with zero attached hydrogens (tertiary/aromatic N) is 2. The standard InChI is InChI=1S/C27H23FN4O4S/c1-29-25(33)16-5-3-15(4-6-16)23-14-20-24(37-23)22(10-12-30-20)36-21-8-7-17(13-19(21)28)32(2)27(35)18-9-11-31-26(18)34/h3-8,10,12-14,18H,9,11H2,1-2H3,(H,29,33)(H,31,34). The summed E-state index contributed by atoms with van der Waals surface area (Å²) in [6.45, 7) is 0.455. The minimum Gasteiger partial charge on any atom is -0.453 e. The highest BCUT2D eigenvalue weighted by Crippen LogP contribution is 2.40. The lowest BCUT2D eigenvalue weighted by molar-refractivity contribution is -0.131. The molecule has 1 fully saturated rings. The molecule has 0 saturated carbocycles. The molecule has 10 heteroatoms. The Balaban J connectivity index is 1.38. The Morgan fingerprint density at radius 3 is 2.59 bits per heavy atom. The third-order valence-corrected chi connectivity index (χ3v) is 7.42. The van der Waals surface area contributed by atoms with Gasteiger partial charge in [0.05, 0.1) is 10.2 Å². The first-order valence-electron chi connectivity index (χ1n) is 11.6. The minimum atomic E-state index is -0.762. The van der Waals surface area contributed by atoms with E-state index in [4.69, 9.17) is 4.74 Å². The van der Waals surface area contributed by atoms with Crippen LogP contribution in [0.4, 0.5) is 10.1 Å². The van der Waals surface area contributed by atoms with Crippen molar-refractivity contribution in [1.29, 1.82) is 0 Å². The molecule has 5 rings (SSSR count). The van der Waals surface area contributed by atoms with Crippen LogP contribution < -0.4 is 20.3 Å². The largest absolute Gasteiger partial charge is 0.453 e. The first kappa shape index (κ1) is 24.4. The number of nitrogens with one attached hydrogen (secondary N) is 2. The Bertz CT molecular complexity index is 1520. The maximum atomic E-state index is 15.0. The molecule has 1 aliphatic heterocycles. The maximum absolute atomic E-state index is 15.0. The predicted octanol–water partition coefficient (Wildman–Crippen LogP) is 4.35. The molecular formula is C27H23FN4O4S. The second kappa shape index (κ2) is 9.98. The van der Waals surface area contributed by atoms with Crippen molar-refractivity contribution >= 4 is 45.0 Å². The van der Waals surface area contributed by atoms with Crippen LogP contribution in [0.25, 0.3) is 20.7 Å². The topological polar surface area (TPSA) is 101 Å². The zero-order valence-corrected chi connectivity index (χ0v) is 20.9. The summed E-state index contributed by atoms with van der Waals surface area (Å²) in [5, 5.41) is 5.24. The summed E-state index contributed by atoms with van der Waals surface area (Å²) in [5.74, 6) is -1.80. The Kier molecular flexibility index (Phi) is 6.58. The smallest absolute Gasteiger partial charge is 0.251 e. The molecule has 2 aromatic carbocycles. The second-order valence-electron chi connectivity index (χ2n) is 8.54.